The van der Waals surface area contributed by atoms with Crippen molar-refractivity contribution in [2.24, 2.45) is 0 Å². The molecule has 0 spiro atoms. The largest absolute Gasteiger partial charge is 0.486 e. The molecule has 1 atom stereocenters. The second-order valence-electron chi connectivity index (χ2n) is 3.82. The van der Waals surface area contributed by atoms with E-state index in [-0.39, 0.29) is 6.10 Å². The Hall–Kier alpha value is -1.28. The van der Waals surface area contributed by atoms with E-state index in [0.29, 0.717) is 16.3 Å². The van der Waals surface area contributed by atoms with Crippen LogP contribution in [0.15, 0.2) is 30.4 Å². The van der Waals surface area contributed by atoms with Gasteiger partial charge in [-0.05, 0) is 43.5 Å². The van der Waals surface area contributed by atoms with Crippen LogP contribution < -0.4 is 4.74 Å². The third kappa shape index (κ3) is 2.64. The highest BCUT2D eigenvalue weighted by Crippen LogP contribution is 2.24. The van der Waals surface area contributed by atoms with E-state index in [1.165, 1.54) is 0 Å². The molecule has 0 aliphatic heterocycles. The van der Waals surface area contributed by atoms with Gasteiger partial charge in [0.15, 0.2) is 6.29 Å². The molecule has 1 aliphatic rings. The molecule has 1 unspecified atom stereocenters. The summed E-state index contributed by atoms with van der Waals surface area (Å²) >= 11 is 5.81. The Bertz CT molecular complexity index is 412. The standard InChI is InChI=1S/C13H13ClO2/c14-11-6-7-13(10(8-11)9-15)16-12-4-2-1-3-5-12/h2,4,6-9,12H,1,3,5H2. The molecule has 0 saturated heterocycles. The lowest BCUT2D eigenvalue weighted by molar-refractivity contribution is 0.111. The van der Waals surface area contributed by atoms with Crippen LogP contribution in [0.3, 0.4) is 0 Å². The SMILES string of the molecule is O=Cc1cc(Cl)ccc1OC1C=CCCC1. The summed E-state index contributed by atoms with van der Waals surface area (Å²) in [6.07, 6.45) is 8.25. The number of carbonyl (C=O) groups is 1. The van der Waals surface area contributed by atoms with Crippen LogP contribution in [-0.2, 0) is 0 Å². The number of allylic oxidation sites excluding steroid dienone is 1. The fourth-order valence-electron chi connectivity index (χ4n) is 1.76. The van der Waals surface area contributed by atoms with Gasteiger partial charge in [-0.15, -0.1) is 0 Å². The van der Waals surface area contributed by atoms with Gasteiger partial charge < -0.3 is 4.74 Å². The van der Waals surface area contributed by atoms with Gasteiger partial charge in [0, 0.05) is 5.02 Å². The maximum absolute atomic E-state index is 10.9. The first-order chi connectivity index (χ1) is 7.79. The maximum Gasteiger partial charge on any atom is 0.153 e. The fraction of sp³-hybridized carbons (Fsp3) is 0.308. The van der Waals surface area contributed by atoms with Gasteiger partial charge in [-0.1, -0.05) is 17.7 Å². The first-order valence-corrected chi connectivity index (χ1v) is 5.75. The summed E-state index contributed by atoms with van der Waals surface area (Å²) in [5.41, 5.74) is 0.506. The van der Waals surface area contributed by atoms with E-state index in [9.17, 15) is 4.79 Å². The maximum atomic E-state index is 10.9. The van der Waals surface area contributed by atoms with Crippen molar-refractivity contribution < 1.29 is 9.53 Å². The minimum atomic E-state index is 0.0774. The smallest absolute Gasteiger partial charge is 0.153 e. The molecule has 1 aliphatic carbocycles. The number of benzene rings is 1. The van der Waals surface area contributed by atoms with Gasteiger partial charge in [0.05, 0.1) is 5.56 Å². The normalized spacial score (nSPS) is 19.4. The van der Waals surface area contributed by atoms with E-state index in [4.69, 9.17) is 16.3 Å². The Labute approximate surface area is 99.9 Å². The molecule has 1 aromatic rings. The molecule has 0 fully saturated rings. The molecule has 0 aromatic heterocycles. The number of hydrogen-bond acceptors (Lipinski definition) is 2. The van der Waals surface area contributed by atoms with Gasteiger partial charge in [0.1, 0.15) is 11.9 Å². The van der Waals surface area contributed by atoms with Crippen molar-refractivity contribution in [2.75, 3.05) is 0 Å². The second-order valence-corrected chi connectivity index (χ2v) is 4.25. The van der Waals surface area contributed by atoms with Crippen LogP contribution in [0.1, 0.15) is 29.6 Å². The molecule has 84 valence electrons. The summed E-state index contributed by atoms with van der Waals surface area (Å²) in [5, 5.41) is 0.550. The molecule has 2 nitrogen and oxygen atoms in total. The summed E-state index contributed by atoms with van der Waals surface area (Å²) in [7, 11) is 0. The van der Waals surface area contributed by atoms with Gasteiger partial charge in [-0.3, -0.25) is 4.79 Å². The number of carbonyl (C=O) groups excluding carboxylic acids is 1. The van der Waals surface area contributed by atoms with E-state index in [1.807, 2.05) is 6.08 Å². The monoisotopic (exact) mass is 236 g/mol. The first-order valence-electron chi connectivity index (χ1n) is 5.37. The van der Waals surface area contributed by atoms with Crippen LogP contribution in [0.25, 0.3) is 0 Å². The summed E-state index contributed by atoms with van der Waals surface area (Å²) in [6, 6.07) is 5.10. The number of ether oxygens (including phenoxy) is 1. The molecule has 0 amide bonds. The molecule has 0 heterocycles. The summed E-state index contributed by atoms with van der Waals surface area (Å²) in [4.78, 5) is 10.9. The van der Waals surface area contributed by atoms with Crippen LogP contribution in [0.2, 0.25) is 5.02 Å². The first kappa shape index (κ1) is 11.2. The number of aldehydes is 1. The zero-order valence-electron chi connectivity index (χ0n) is 8.86. The molecule has 1 aromatic carbocycles. The van der Waals surface area contributed by atoms with Crippen LogP contribution in [0.5, 0.6) is 5.75 Å². The van der Waals surface area contributed by atoms with Gasteiger partial charge in [-0.2, -0.15) is 0 Å². The Kier molecular flexibility index (Phi) is 3.62. The van der Waals surface area contributed by atoms with Crippen molar-refractivity contribution in [3.63, 3.8) is 0 Å². The Balaban J connectivity index is 2.16. The quantitative estimate of drug-likeness (QED) is 0.592. The van der Waals surface area contributed by atoms with Gasteiger partial charge >= 0.3 is 0 Å². The number of hydrogen-bond donors (Lipinski definition) is 0. The van der Waals surface area contributed by atoms with Crippen molar-refractivity contribution in [1.82, 2.24) is 0 Å². The number of rotatable bonds is 3. The topological polar surface area (TPSA) is 26.3 Å². The fourth-order valence-corrected chi connectivity index (χ4v) is 1.94. The third-order valence-electron chi connectivity index (χ3n) is 2.59. The van der Waals surface area contributed by atoms with Gasteiger partial charge in [0.25, 0.3) is 0 Å². The van der Waals surface area contributed by atoms with Crippen molar-refractivity contribution in [3.05, 3.63) is 40.9 Å². The summed E-state index contributed by atoms with van der Waals surface area (Å²) in [6.45, 7) is 0. The minimum absolute atomic E-state index is 0.0774. The van der Waals surface area contributed by atoms with Crippen molar-refractivity contribution in [1.29, 1.82) is 0 Å². The Morgan fingerprint density at radius 1 is 1.44 bits per heavy atom. The predicted molar refractivity (Wildman–Crippen MR) is 64.2 cm³/mol. The zero-order chi connectivity index (χ0) is 11.4. The summed E-state index contributed by atoms with van der Waals surface area (Å²) in [5.74, 6) is 0.607. The molecule has 0 N–H and O–H groups in total. The Morgan fingerprint density at radius 2 is 2.31 bits per heavy atom. The Morgan fingerprint density at radius 3 is 3.00 bits per heavy atom. The number of halogens is 1. The average Bonchev–Trinajstić information content (AvgIpc) is 2.33. The zero-order valence-corrected chi connectivity index (χ0v) is 9.61. The second kappa shape index (κ2) is 5.17. The molecule has 2 rings (SSSR count). The van der Waals surface area contributed by atoms with Crippen LogP contribution in [-0.4, -0.2) is 12.4 Å². The van der Waals surface area contributed by atoms with Crippen molar-refractivity contribution in [2.45, 2.75) is 25.4 Å². The van der Waals surface area contributed by atoms with E-state index >= 15 is 0 Å². The lowest BCUT2D eigenvalue weighted by Crippen LogP contribution is -2.16. The highest BCUT2D eigenvalue weighted by molar-refractivity contribution is 6.30. The molecular formula is C13H13ClO2. The lowest BCUT2D eigenvalue weighted by Gasteiger charge is -2.19. The van der Waals surface area contributed by atoms with Gasteiger partial charge in [-0.25, -0.2) is 0 Å². The van der Waals surface area contributed by atoms with Crippen LogP contribution in [0.4, 0.5) is 0 Å². The van der Waals surface area contributed by atoms with E-state index in [1.54, 1.807) is 18.2 Å². The summed E-state index contributed by atoms with van der Waals surface area (Å²) < 4.78 is 5.76. The van der Waals surface area contributed by atoms with Crippen LogP contribution in [0, 0.1) is 0 Å². The van der Waals surface area contributed by atoms with E-state index in [2.05, 4.69) is 6.08 Å². The van der Waals surface area contributed by atoms with E-state index in [0.717, 1.165) is 25.5 Å². The molecule has 0 bridgehead atoms. The van der Waals surface area contributed by atoms with Gasteiger partial charge in [0.2, 0.25) is 0 Å². The average molecular weight is 237 g/mol. The minimum Gasteiger partial charge on any atom is -0.486 e. The molecule has 0 saturated carbocycles. The van der Waals surface area contributed by atoms with E-state index < -0.39 is 0 Å². The molecule has 16 heavy (non-hydrogen) atoms. The highest BCUT2D eigenvalue weighted by atomic mass is 35.5. The molecule has 0 radical (unpaired) electrons. The third-order valence-corrected chi connectivity index (χ3v) is 2.82. The predicted octanol–water partition coefficient (Wildman–Crippen LogP) is 3.64. The van der Waals surface area contributed by atoms with Crippen molar-refractivity contribution >= 4 is 17.9 Å². The van der Waals surface area contributed by atoms with Crippen LogP contribution >= 0.6 is 11.6 Å². The lowest BCUT2D eigenvalue weighted by atomic mass is 10.1. The molecule has 3 heteroatoms. The molecular weight excluding hydrogens is 224 g/mol. The highest BCUT2D eigenvalue weighted by Gasteiger charge is 2.12. The van der Waals surface area contributed by atoms with Crippen molar-refractivity contribution in [3.8, 4) is 5.75 Å².